The van der Waals surface area contributed by atoms with Crippen molar-refractivity contribution in [3.05, 3.63) is 48.6 Å². The van der Waals surface area contributed by atoms with Crippen LogP contribution in [0.1, 0.15) is 296 Å². The lowest BCUT2D eigenvalue weighted by Crippen LogP contribution is -2.66. The molecule has 0 radical (unpaired) electrons. The third-order valence-electron chi connectivity index (χ3n) is 19.1. The van der Waals surface area contributed by atoms with Crippen LogP contribution in [0, 0.1) is 0 Å². The van der Waals surface area contributed by atoms with Gasteiger partial charge in [0.2, 0.25) is 5.91 Å². The minimum Gasteiger partial charge on any atom is -0.394 e. The zero-order valence-electron chi connectivity index (χ0n) is 59.2. The van der Waals surface area contributed by atoms with Crippen LogP contribution in [0.3, 0.4) is 0 Å². The monoisotopic (exact) mass is 1350 g/mol. The average Bonchev–Trinajstić information content (AvgIpc) is 0.797. The van der Waals surface area contributed by atoms with Crippen LogP contribution < -0.4 is 5.32 Å². The summed E-state index contributed by atoms with van der Waals surface area (Å²) in [6.45, 7) is 1.69. The van der Waals surface area contributed by atoms with Gasteiger partial charge in [0.1, 0.15) is 73.2 Å². The molecule has 12 N–H and O–H groups in total. The zero-order valence-corrected chi connectivity index (χ0v) is 59.2. The first-order valence-electron chi connectivity index (χ1n) is 38.4. The summed E-state index contributed by atoms with van der Waals surface area (Å²) in [5.41, 5.74) is 0. The van der Waals surface area contributed by atoms with Gasteiger partial charge < -0.3 is 89.9 Å². The maximum atomic E-state index is 13.4. The van der Waals surface area contributed by atoms with E-state index in [1.54, 1.807) is 6.08 Å². The Kier molecular flexibility index (Phi) is 52.5. The molecule has 556 valence electrons. The molecule has 3 saturated heterocycles. The molecule has 3 heterocycles. The predicted molar refractivity (Wildman–Crippen MR) is 374 cm³/mol. The van der Waals surface area contributed by atoms with Crippen LogP contribution in [-0.2, 0) is 33.2 Å². The number of hydrogen-bond donors (Lipinski definition) is 12. The van der Waals surface area contributed by atoms with E-state index in [-0.39, 0.29) is 18.9 Å². The third-order valence-corrected chi connectivity index (χ3v) is 19.1. The number of carbonyl (C=O) groups is 1. The number of aliphatic hydroxyl groups excluding tert-OH is 11. The Hall–Kier alpha value is -2.25. The summed E-state index contributed by atoms with van der Waals surface area (Å²) in [5, 5.41) is 120. The van der Waals surface area contributed by atoms with Crippen LogP contribution in [0.15, 0.2) is 48.6 Å². The van der Waals surface area contributed by atoms with Crippen molar-refractivity contribution in [2.45, 2.75) is 401 Å². The molecule has 19 heteroatoms. The number of unbranched alkanes of at least 4 members (excludes halogenated alkanes) is 38. The smallest absolute Gasteiger partial charge is 0.220 e. The highest BCUT2D eigenvalue weighted by Crippen LogP contribution is 2.33. The quantitative estimate of drug-likeness (QED) is 0.0199. The van der Waals surface area contributed by atoms with Crippen LogP contribution in [-0.4, -0.2) is 193 Å². The number of rotatable bonds is 60. The molecule has 0 aromatic carbocycles. The van der Waals surface area contributed by atoms with Gasteiger partial charge in [-0.05, 0) is 57.8 Å². The molecule has 0 spiro atoms. The molecular weight excluding hydrogens is 1210 g/mol. The van der Waals surface area contributed by atoms with Crippen molar-refractivity contribution in [2.24, 2.45) is 0 Å². The standard InChI is InChI=1S/C76H139NO18/c1-3-5-7-9-11-13-14-15-16-17-18-19-20-21-22-23-24-25-26-27-28-29-30-31-32-33-34-35-36-37-38-39-40-41-42-43-44-46-48-50-52-54-64(82)77-59(60(81)53-51-49-47-45-12-10-8-6-4-2)58-90-74-70(88)67(85)72(62(56-79)92-74)95-76-71(89)68(86)73(63(57-80)93-76)94-75-69(87)66(84)65(83)61(55-78)91-75/h14-15,17-18,20-21,51,53,59-63,65-76,78-81,83-89H,3-13,16,19,22-50,52,54-58H2,1-2H3,(H,77,82)/b15-14-,18-17-,21-20-,53-51+. The van der Waals surface area contributed by atoms with Crippen LogP contribution >= 0.6 is 0 Å². The number of amides is 1. The van der Waals surface area contributed by atoms with Gasteiger partial charge in [-0.2, -0.15) is 0 Å². The highest BCUT2D eigenvalue weighted by Gasteiger charge is 2.53. The lowest BCUT2D eigenvalue weighted by molar-refractivity contribution is -0.379. The highest BCUT2D eigenvalue weighted by molar-refractivity contribution is 5.76. The van der Waals surface area contributed by atoms with E-state index in [1.807, 2.05) is 6.08 Å². The van der Waals surface area contributed by atoms with Crippen molar-refractivity contribution in [3.63, 3.8) is 0 Å². The summed E-state index contributed by atoms with van der Waals surface area (Å²) in [6.07, 6.45) is 44.5. The van der Waals surface area contributed by atoms with E-state index in [0.717, 1.165) is 57.8 Å². The van der Waals surface area contributed by atoms with Crippen LogP contribution in [0.5, 0.6) is 0 Å². The van der Waals surface area contributed by atoms with E-state index in [0.29, 0.717) is 6.42 Å². The molecule has 3 aliphatic rings. The Morgan fingerprint density at radius 3 is 1.08 bits per heavy atom. The summed E-state index contributed by atoms with van der Waals surface area (Å²) < 4.78 is 34.3. The van der Waals surface area contributed by atoms with E-state index < -0.39 is 124 Å². The molecule has 17 unspecified atom stereocenters. The number of hydrogen-bond acceptors (Lipinski definition) is 18. The van der Waals surface area contributed by atoms with Crippen molar-refractivity contribution in [1.29, 1.82) is 0 Å². The van der Waals surface area contributed by atoms with Gasteiger partial charge in [0.15, 0.2) is 18.9 Å². The average molecular weight is 1350 g/mol. The van der Waals surface area contributed by atoms with Gasteiger partial charge in [-0.3, -0.25) is 4.79 Å². The molecule has 3 rings (SSSR count). The first kappa shape index (κ1) is 87.0. The van der Waals surface area contributed by atoms with E-state index in [2.05, 4.69) is 55.6 Å². The van der Waals surface area contributed by atoms with Crippen molar-refractivity contribution in [3.8, 4) is 0 Å². The minimum atomic E-state index is -1.98. The fourth-order valence-electron chi connectivity index (χ4n) is 12.9. The van der Waals surface area contributed by atoms with Crippen LogP contribution in [0.2, 0.25) is 0 Å². The summed E-state index contributed by atoms with van der Waals surface area (Å²) >= 11 is 0. The molecule has 0 bridgehead atoms. The van der Waals surface area contributed by atoms with Gasteiger partial charge in [0.25, 0.3) is 0 Å². The van der Waals surface area contributed by atoms with Gasteiger partial charge in [0, 0.05) is 6.42 Å². The van der Waals surface area contributed by atoms with Crippen molar-refractivity contribution >= 4 is 5.91 Å². The van der Waals surface area contributed by atoms with E-state index in [4.69, 9.17) is 28.4 Å². The topological polar surface area (TPSA) is 307 Å². The molecule has 0 aromatic rings. The van der Waals surface area contributed by atoms with Crippen molar-refractivity contribution in [1.82, 2.24) is 5.32 Å². The molecule has 0 saturated carbocycles. The Morgan fingerprint density at radius 2 is 0.695 bits per heavy atom. The number of aliphatic hydroxyl groups is 11. The first-order chi connectivity index (χ1) is 46.3. The van der Waals surface area contributed by atoms with E-state index in [1.165, 1.54) is 212 Å². The number of allylic oxidation sites excluding steroid dienone is 7. The molecule has 3 fully saturated rings. The molecule has 1 amide bonds. The SMILES string of the molecule is CCCCCCC/C=C\C/C=C\C/C=C\CCCCCCCCCCCCCCCCCCCCCCCCCCCCC(=O)NC(COC1OC(CO)C(OC2OC(CO)C(OC3OC(CO)C(O)C(O)C3O)C(O)C2O)C(O)C1O)C(O)/C=C/CCCCCCCCC. The van der Waals surface area contributed by atoms with Crippen molar-refractivity contribution < 1.29 is 89.4 Å². The Morgan fingerprint density at radius 1 is 0.379 bits per heavy atom. The zero-order chi connectivity index (χ0) is 68.9. The maximum absolute atomic E-state index is 13.4. The molecule has 0 aromatic heterocycles. The Bertz CT molecular complexity index is 1910. The fourth-order valence-corrected chi connectivity index (χ4v) is 12.9. The van der Waals surface area contributed by atoms with Crippen LogP contribution in [0.25, 0.3) is 0 Å². The fraction of sp³-hybridized carbons (Fsp3) is 0.882. The number of carbonyl (C=O) groups excluding carboxylic acids is 1. The number of nitrogens with one attached hydrogen (secondary N) is 1. The summed E-state index contributed by atoms with van der Waals surface area (Å²) in [5.74, 6) is -0.274. The van der Waals surface area contributed by atoms with Gasteiger partial charge in [-0.25, -0.2) is 0 Å². The van der Waals surface area contributed by atoms with E-state index in [9.17, 15) is 61.0 Å². The molecular formula is C76H139NO18. The lowest BCUT2D eigenvalue weighted by atomic mass is 9.96. The number of ether oxygens (including phenoxy) is 6. The van der Waals surface area contributed by atoms with Gasteiger partial charge in [-0.1, -0.05) is 281 Å². The molecule has 0 aliphatic carbocycles. The lowest BCUT2D eigenvalue weighted by Gasteiger charge is -2.48. The first-order valence-corrected chi connectivity index (χ1v) is 38.4. The Balaban J connectivity index is 1.24. The predicted octanol–water partition coefficient (Wildman–Crippen LogP) is 11.7. The molecule has 95 heavy (non-hydrogen) atoms. The minimum absolute atomic E-state index is 0.246. The normalized spacial score (nSPS) is 27.4. The molecule has 17 atom stereocenters. The molecule has 19 nitrogen and oxygen atoms in total. The summed E-state index contributed by atoms with van der Waals surface area (Å²) in [6, 6.07) is -0.969. The van der Waals surface area contributed by atoms with Gasteiger partial charge in [0.05, 0.1) is 38.6 Å². The summed E-state index contributed by atoms with van der Waals surface area (Å²) in [4.78, 5) is 13.4. The maximum Gasteiger partial charge on any atom is 0.220 e. The summed E-state index contributed by atoms with van der Waals surface area (Å²) in [7, 11) is 0. The largest absolute Gasteiger partial charge is 0.394 e. The van der Waals surface area contributed by atoms with Crippen molar-refractivity contribution in [2.75, 3.05) is 26.4 Å². The second-order valence-corrected chi connectivity index (χ2v) is 27.5. The van der Waals surface area contributed by atoms with Gasteiger partial charge >= 0.3 is 0 Å². The van der Waals surface area contributed by atoms with Crippen LogP contribution in [0.4, 0.5) is 0 Å². The van der Waals surface area contributed by atoms with E-state index >= 15 is 0 Å². The van der Waals surface area contributed by atoms with Gasteiger partial charge in [-0.15, -0.1) is 0 Å². The highest BCUT2D eigenvalue weighted by atomic mass is 16.8. The second-order valence-electron chi connectivity index (χ2n) is 27.5. The molecule has 3 aliphatic heterocycles. The third kappa shape index (κ3) is 38.4. The Labute approximate surface area is 573 Å². The second kappa shape index (κ2) is 57.4.